The SMILES string of the molecule is C[C@@]12C[C@@H](C=C3C(=O)O[C@@H](c4ccoc4)[C@H](OC(=O)c4ccccc4)[C@@H]31)OC2=O. The molecule has 0 unspecified atom stereocenters. The fraction of sp³-hybridized carbons (Fsp3) is 0.318. The number of carbonyl (C=O) groups excluding carboxylic acids is 3. The first kappa shape index (κ1) is 17.7. The lowest BCUT2D eigenvalue weighted by Crippen LogP contribution is -2.52. The fourth-order valence-electron chi connectivity index (χ4n) is 4.56. The summed E-state index contributed by atoms with van der Waals surface area (Å²) in [7, 11) is 0. The standard InChI is InChI=1S/C22H18O7/c1-22-10-14(27-21(22)25)9-15-16(22)18(29-19(23)12-5-3-2-4-6-12)17(28-20(15)24)13-7-8-26-11-13/h2-9,11,14,16-18H,10H2,1H3/t14-,16-,17+,18-,22-/m1/s1. The van der Waals surface area contributed by atoms with Gasteiger partial charge in [0, 0.05) is 23.5 Å². The second-order valence-electron chi connectivity index (χ2n) is 7.78. The highest BCUT2D eigenvalue weighted by Gasteiger charge is 2.63. The Bertz CT molecular complexity index is 1010. The number of esters is 3. The second-order valence-corrected chi connectivity index (χ2v) is 7.78. The number of hydrogen-bond acceptors (Lipinski definition) is 7. The highest BCUT2D eigenvalue weighted by atomic mass is 16.6. The molecule has 0 saturated carbocycles. The van der Waals surface area contributed by atoms with Crippen molar-refractivity contribution in [3.05, 3.63) is 71.7 Å². The van der Waals surface area contributed by atoms with E-state index in [0.717, 1.165) is 0 Å². The smallest absolute Gasteiger partial charge is 0.338 e. The molecule has 2 fully saturated rings. The number of benzene rings is 1. The summed E-state index contributed by atoms with van der Waals surface area (Å²) < 4.78 is 22.1. The zero-order valence-corrected chi connectivity index (χ0v) is 15.6. The highest BCUT2D eigenvalue weighted by Crippen LogP contribution is 2.55. The molecule has 2 saturated heterocycles. The van der Waals surface area contributed by atoms with E-state index >= 15 is 0 Å². The molecule has 0 N–H and O–H groups in total. The van der Waals surface area contributed by atoms with Crippen molar-refractivity contribution in [1.29, 1.82) is 0 Å². The molecule has 7 nitrogen and oxygen atoms in total. The average Bonchev–Trinajstić information content (AvgIpc) is 3.32. The molecular formula is C22H18O7. The van der Waals surface area contributed by atoms with Crippen molar-refractivity contribution >= 4 is 17.9 Å². The first-order valence-corrected chi connectivity index (χ1v) is 9.39. The first-order chi connectivity index (χ1) is 14.0. The molecule has 5 atom stereocenters. The van der Waals surface area contributed by atoms with Crippen LogP contribution in [0.4, 0.5) is 0 Å². The quantitative estimate of drug-likeness (QED) is 0.584. The van der Waals surface area contributed by atoms with E-state index in [2.05, 4.69) is 0 Å². The van der Waals surface area contributed by atoms with Gasteiger partial charge in [-0.05, 0) is 31.2 Å². The number of cyclic esters (lactones) is 1. The number of rotatable bonds is 3. The van der Waals surface area contributed by atoms with Crippen LogP contribution in [0.2, 0.25) is 0 Å². The van der Waals surface area contributed by atoms with Crippen LogP contribution < -0.4 is 0 Å². The minimum Gasteiger partial charge on any atom is -0.472 e. The Morgan fingerprint density at radius 3 is 2.66 bits per heavy atom. The Labute approximate surface area is 166 Å². The largest absolute Gasteiger partial charge is 0.472 e. The molecule has 0 radical (unpaired) electrons. The Balaban J connectivity index is 1.59. The molecule has 2 aliphatic heterocycles. The number of ether oxygens (including phenoxy) is 3. The van der Waals surface area contributed by atoms with E-state index in [0.29, 0.717) is 23.1 Å². The van der Waals surface area contributed by atoms with Gasteiger partial charge in [0.15, 0.2) is 12.2 Å². The summed E-state index contributed by atoms with van der Waals surface area (Å²) in [6.45, 7) is 1.75. The lowest BCUT2D eigenvalue weighted by Gasteiger charge is -2.44. The zero-order valence-electron chi connectivity index (χ0n) is 15.6. The molecule has 0 spiro atoms. The molecule has 3 heterocycles. The van der Waals surface area contributed by atoms with Gasteiger partial charge in [0.1, 0.15) is 6.10 Å². The topological polar surface area (TPSA) is 92.0 Å². The summed E-state index contributed by atoms with van der Waals surface area (Å²) >= 11 is 0. The normalized spacial score (nSPS) is 32.7. The Kier molecular flexibility index (Phi) is 3.87. The van der Waals surface area contributed by atoms with Crippen LogP contribution in [0.25, 0.3) is 0 Å². The molecule has 5 rings (SSSR count). The maximum atomic E-state index is 12.9. The summed E-state index contributed by atoms with van der Waals surface area (Å²) in [5, 5.41) is 0. The van der Waals surface area contributed by atoms with Crippen molar-refractivity contribution in [2.45, 2.75) is 31.7 Å². The third kappa shape index (κ3) is 2.68. The van der Waals surface area contributed by atoms with Gasteiger partial charge in [-0.1, -0.05) is 18.2 Å². The minimum absolute atomic E-state index is 0.320. The molecular weight excluding hydrogens is 376 g/mol. The molecule has 7 heteroatoms. The Hall–Kier alpha value is -3.35. The van der Waals surface area contributed by atoms with Crippen molar-refractivity contribution in [2.75, 3.05) is 0 Å². The first-order valence-electron chi connectivity index (χ1n) is 9.39. The van der Waals surface area contributed by atoms with E-state index in [4.69, 9.17) is 18.6 Å². The van der Waals surface area contributed by atoms with Gasteiger partial charge in [-0.25, -0.2) is 9.59 Å². The maximum Gasteiger partial charge on any atom is 0.338 e. The molecule has 0 amide bonds. The van der Waals surface area contributed by atoms with Gasteiger partial charge in [0.2, 0.25) is 0 Å². The van der Waals surface area contributed by atoms with Crippen molar-refractivity contribution in [3.63, 3.8) is 0 Å². The Morgan fingerprint density at radius 1 is 1.14 bits per heavy atom. The lowest BCUT2D eigenvalue weighted by molar-refractivity contribution is -0.171. The predicted octanol–water partition coefficient (Wildman–Crippen LogP) is 2.98. The van der Waals surface area contributed by atoms with Gasteiger partial charge in [-0.15, -0.1) is 0 Å². The van der Waals surface area contributed by atoms with Gasteiger partial charge < -0.3 is 18.6 Å². The molecule has 29 heavy (non-hydrogen) atoms. The van der Waals surface area contributed by atoms with Gasteiger partial charge in [-0.3, -0.25) is 4.79 Å². The number of carbonyl (C=O) groups is 3. The summed E-state index contributed by atoms with van der Waals surface area (Å²) in [5.74, 6) is -2.18. The van der Waals surface area contributed by atoms with Crippen LogP contribution in [0.5, 0.6) is 0 Å². The highest BCUT2D eigenvalue weighted by molar-refractivity contribution is 5.95. The van der Waals surface area contributed by atoms with E-state index < -0.39 is 47.6 Å². The van der Waals surface area contributed by atoms with Crippen molar-refractivity contribution in [3.8, 4) is 0 Å². The number of hydrogen-bond donors (Lipinski definition) is 0. The number of fused-ring (bicyclic) bond motifs is 4. The average molecular weight is 394 g/mol. The van der Waals surface area contributed by atoms with E-state index in [1.54, 1.807) is 49.4 Å². The van der Waals surface area contributed by atoms with E-state index in [1.165, 1.54) is 12.5 Å². The molecule has 1 aromatic carbocycles. The minimum atomic E-state index is -0.988. The van der Waals surface area contributed by atoms with Crippen molar-refractivity contribution < 1.29 is 33.0 Å². The predicted molar refractivity (Wildman–Crippen MR) is 97.4 cm³/mol. The monoisotopic (exact) mass is 394 g/mol. The van der Waals surface area contributed by atoms with Crippen LogP contribution in [0.3, 0.4) is 0 Å². The van der Waals surface area contributed by atoms with Crippen LogP contribution in [0.15, 0.2) is 65.0 Å². The van der Waals surface area contributed by atoms with Gasteiger partial charge >= 0.3 is 17.9 Å². The molecule has 148 valence electrons. The van der Waals surface area contributed by atoms with Gasteiger partial charge in [0.25, 0.3) is 0 Å². The van der Waals surface area contributed by atoms with E-state index in [-0.39, 0.29) is 0 Å². The lowest BCUT2D eigenvalue weighted by atomic mass is 9.63. The maximum absolute atomic E-state index is 12.9. The molecule has 1 aliphatic carbocycles. The molecule has 1 aromatic heterocycles. The third-order valence-corrected chi connectivity index (χ3v) is 5.96. The summed E-state index contributed by atoms with van der Waals surface area (Å²) in [5.41, 5.74) is 0.256. The summed E-state index contributed by atoms with van der Waals surface area (Å²) in [6.07, 6.45) is 2.67. The summed E-state index contributed by atoms with van der Waals surface area (Å²) in [6, 6.07) is 10.2. The molecule has 3 aliphatic rings. The molecule has 2 bridgehead atoms. The van der Waals surface area contributed by atoms with Crippen LogP contribution in [0.1, 0.15) is 35.4 Å². The van der Waals surface area contributed by atoms with Crippen molar-refractivity contribution in [2.24, 2.45) is 11.3 Å². The van der Waals surface area contributed by atoms with E-state index in [1.807, 2.05) is 0 Å². The Morgan fingerprint density at radius 2 is 1.93 bits per heavy atom. The fourth-order valence-corrected chi connectivity index (χ4v) is 4.56. The van der Waals surface area contributed by atoms with Crippen LogP contribution in [-0.2, 0) is 23.8 Å². The molecule has 2 aromatic rings. The second kappa shape index (κ2) is 6.34. The summed E-state index contributed by atoms with van der Waals surface area (Å²) in [4.78, 5) is 38.3. The van der Waals surface area contributed by atoms with E-state index in [9.17, 15) is 14.4 Å². The van der Waals surface area contributed by atoms with Crippen LogP contribution in [-0.4, -0.2) is 30.1 Å². The van der Waals surface area contributed by atoms with Crippen LogP contribution >= 0.6 is 0 Å². The van der Waals surface area contributed by atoms with Gasteiger partial charge in [0.05, 0.1) is 23.5 Å². The van der Waals surface area contributed by atoms with Crippen molar-refractivity contribution in [1.82, 2.24) is 0 Å². The van der Waals surface area contributed by atoms with Gasteiger partial charge in [-0.2, -0.15) is 0 Å². The number of furan rings is 1. The van der Waals surface area contributed by atoms with Crippen LogP contribution in [0, 0.1) is 11.3 Å². The zero-order chi connectivity index (χ0) is 20.2. The third-order valence-electron chi connectivity index (χ3n) is 5.96.